The first-order valence-electron chi connectivity index (χ1n) is 7.07. The van der Waals surface area contributed by atoms with Crippen molar-refractivity contribution in [2.24, 2.45) is 5.73 Å². The molecule has 122 valence electrons. The van der Waals surface area contributed by atoms with Gasteiger partial charge in [-0.15, -0.1) is 0 Å². The number of halogens is 2. The average Bonchev–Trinajstić information content (AvgIpc) is 2.54. The van der Waals surface area contributed by atoms with E-state index >= 15 is 0 Å². The van der Waals surface area contributed by atoms with Crippen molar-refractivity contribution < 1.29 is 14.3 Å². The number of nitrogens with two attached hydrogens (primary N) is 1. The lowest BCUT2D eigenvalue weighted by molar-refractivity contribution is -0.121. The number of benzene rings is 2. The van der Waals surface area contributed by atoms with Crippen molar-refractivity contribution in [2.45, 2.75) is 12.1 Å². The number of aliphatic hydroxyl groups is 1. The maximum absolute atomic E-state index is 13.7. The van der Waals surface area contributed by atoms with Crippen LogP contribution in [-0.4, -0.2) is 30.5 Å². The molecule has 2 aromatic carbocycles. The molecule has 0 amide bonds. The lowest BCUT2D eigenvalue weighted by Crippen LogP contribution is -2.42. The summed E-state index contributed by atoms with van der Waals surface area (Å²) in [5.74, 6) is -0.979. The van der Waals surface area contributed by atoms with E-state index in [4.69, 9.17) is 17.3 Å². The van der Waals surface area contributed by atoms with Gasteiger partial charge in [0, 0.05) is 23.3 Å². The molecule has 0 saturated heterocycles. The van der Waals surface area contributed by atoms with Gasteiger partial charge in [-0.05, 0) is 30.3 Å². The number of Topliss-reactive ketones (excluding diaryl/α,β-unsaturated/α-hetero) is 1. The largest absolute Gasteiger partial charge is 0.386 e. The van der Waals surface area contributed by atoms with Crippen molar-refractivity contribution in [3.8, 4) is 0 Å². The molecule has 0 spiro atoms. The fourth-order valence-corrected chi connectivity index (χ4v) is 2.34. The molecule has 2 atom stereocenters. The zero-order valence-electron chi connectivity index (χ0n) is 12.6. The highest BCUT2D eigenvalue weighted by Crippen LogP contribution is 2.21. The second-order valence-corrected chi connectivity index (χ2v) is 5.73. The summed E-state index contributed by atoms with van der Waals surface area (Å²) < 4.78 is 13.7. The fraction of sp³-hybridized carbons (Fsp3) is 0.235. The molecule has 0 aliphatic rings. The van der Waals surface area contributed by atoms with E-state index in [1.54, 1.807) is 42.3 Å². The molecule has 0 saturated carbocycles. The van der Waals surface area contributed by atoms with Crippen molar-refractivity contribution >= 4 is 23.1 Å². The number of hydrogen-bond acceptors (Lipinski definition) is 4. The molecule has 0 radical (unpaired) electrons. The number of hydrogen-bond donors (Lipinski definition) is 2. The minimum absolute atomic E-state index is 0.00564. The van der Waals surface area contributed by atoms with Crippen LogP contribution < -0.4 is 10.6 Å². The predicted octanol–water partition coefficient (Wildman–Crippen LogP) is 2.55. The van der Waals surface area contributed by atoms with Gasteiger partial charge in [-0.3, -0.25) is 4.79 Å². The molecule has 2 unspecified atom stereocenters. The van der Waals surface area contributed by atoms with Gasteiger partial charge < -0.3 is 15.7 Å². The number of nitrogens with zero attached hydrogens (tertiary/aromatic N) is 1. The van der Waals surface area contributed by atoms with Crippen LogP contribution in [0.15, 0.2) is 48.5 Å². The number of ketones is 1. The standard InChI is InChI=1S/C17H18ClFN2O2/c1-21(12-8-6-11(18)7-9-12)10-15(22)16(20)17(23)13-4-2-3-5-14(13)19/h2-9,16-17,23H,10,20H2,1H3. The van der Waals surface area contributed by atoms with Gasteiger partial charge in [0.05, 0.1) is 12.6 Å². The van der Waals surface area contributed by atoms with Crippen LogP contribution in [0.1, 0.15) is 11.7 Å². The predicted molar refractivity (Wildman–Crippen MR) is 89.1 cm³/mol. The number of rotatable bonds is 6. The molecule has 3 N–H and O–H groups in total. The maximum Gasteiger partial charge on any atom is 0.171 e. The van der Waals surface area contributed by atoms with E-state index in [9.17, 15) is 14.3 Å². The van der Waals surface area contributed by atoms with Gasteiger partial charge in [0.15, 0.2) is 5.78 Å². The van der Waals surface area contributed by atoms with E-state index in [0.29, 0.717) is 5.02 Å². The van der Waals surface area contributed by atoms with Crippen LogP contribution in [-0.2, 0) is 4.79 Å². The summed E-state index contributed by atoms with van der Waals surface area (Å²) in [5.41, 5.74) is 6.60. The molecule has 4 nitrogen and oxygen atoms in total. The Hall–Kier alpha value is -1.95. The zero-order chi connectivity index (χ0) is 17.0. The quantitative estimate of drug-likeness (QED) is 0.850. The average molecular weight is 337 g/mol. The monoisotopic (exact) mass is 336 g/mol. The molecule has 6 heteroatoms. The topological polar surface area (TPSA) is 66.6 Å². The third kappa shape index (κ3) is 4.28. The van der Waals surface area contributed by atoms with Gasteiger partial charge >= 0.3 is 0 Å². The van der Waals surface area contributed by atoms with Crippen LogP contribution in [0, 0.1) is 5.82 Å². The second-order valence-electron chi connectivity index (χ2n) is 5.29. The number of anilines is 1. The Balaban J connectivity index is 2.04. The summed E-state index contributed by atoms with van der Waals surface area (Å²) in [4.78, 5) is 13.9. The zero-order valence-corrected chi connectivity index (χ0v) is 13.4. The Morgan fingerprint density at radius 3 is 2.48 bits per heavy atom. The summed E-state index contributed by atoms with van der Waals surface area (Å²) in [6.07, 6.45) is -1.39. The Morgan fingerprint density at radius 1 is 1.26 bits per heavy atom. The molecule has 2 aromatic rings. The lowest BCUT2D eigenvalue weighted by Gasteiger charge is -2.23. The van der Waals surface area contributed by atoms with E-state index in [0.717, 1.165) is 5.69 Å². The summed E-state index contributed by atoms with van der Waals surface area (Å²) in [5, 5.41) is 10.7. The van der Waals surface area contributed by atoms with Crippen LogP contribution >= 0.6 is 11.6 Å². The van der Waals surface area contributed by atoms with Crippen molar-refractivity contribution in [2.75, 3.05) is 18.5 Å². The van der Waals surface area contributed by atoms with Gasteiger partial charge in [0.25, 0.3) is 0 Å². The van der Waals surface area contributed by atoms with Crippen molar-refractivity contribution in [1.29, 1.82) is 0 Å². The molecule has 2 rings (SSSR count). The van der Waals surface area contributed by atoms with Crippen LogP contribution in [0.2, 0.25) is 5.02 Å². The molecular weight excluding hydrogens is 319 g/mol. The normalized spacial score (nSPS) is 13.4. The lowest BCUT2D eigenvalue weighted by atomic mass is 9.99. The summed E-state index contributed by atoms with van der Waals surface area (Å²) in [6, 6.07) is 11.5. The molecule has 0 aliphatic carbocycles. The molecule has 0 fully saturated rings. The van der Waals surface area contributed by atoms with Crippen LogP contribution in [0.3, 0.4) is 0 Å². The molecule has 23 heavy (non-hydrogen) atoms. The van der Waals surface area contributed by atoms with Gasteiger partial charge in [-0.25, -0.2) is 4.39 Å². The molecule has 0 aromatic heterocycles. The third-order valence-corrected chi connectivity index (χ3v) is 3.85. The number of aliphatic hydroxyl groups excluding tert-OH is 1. The van der Waals surface area contributed by atoms with Gasteiger partial charge in [-0.1, -0.05) is 29.8 Å². The van der Waals surface area contributed by atoms with E-state index in [1.165, 1.54) is 18.2 Å². The van der Waals surface area contributed by atoms with Crippen molar-refractivity contribution in [3.63, 3.8) is 0 Å². The molecular formula is C17H18ClFN2O2. The van der Waals surface area contributed by atoms with Gasteiger partial charge in [0.1, 0.15) is 11.9 Å². The van der Waals surface area contributed by atoms with Gasteiger partial charge in [0.2, 0.25) is 0 Å². The second kappa shape index (κ2) is 7.55. The first-order valence-corrected chi connectivity index (χ1v) is 7.45. The number of carbonyl (C=O) groups excluding carboxylic acids is 1. The minimum Gasteiger partial charge on any atom is -0.386 e. The highest BCUT2D eigenvalue weighted by Gasteiger charge is 2.26. The number of likely N-dealkylation sites (N-methyl/N-ethyl adjacent to an activating group) is 1. The fourth-order valence-electron chi connectivity index (χ4n) is 2.21. The molecule has 0 bridgehead atoms. The smallest absolute Gasteiger partial charge is 0.171 e. The third-order valence-electron chi connectivity index (χ3n) is 3.60. The van der Waals surface area contributed by atoms with E-state index in [2.05, 4.69) is 0 Å². The SMILES string of the molecule is CN(CC(=O)C(N)C(O)c1ccccc1F)c1ccc(Cl)cc1. The van der Waals surface area contributed by atoms with E-state index < -0.39 is 23.7 Å². The Labute approximate surface area is 139 Å². The highest BCUT2D eigenvalue weighted by molar-refractivity contribution is 6.30. The number of carbonyl (C=O) groups is 1. The molecule has 0 aliphatic heterocycles. The highest BCUT2D eigenvalue weighted by atomic mass is 35.5. The first-order chi connectivity index (χ1) is 10.9. The Kier molecular flexibility index (Phi) is 5.71. The summed E-state index contributed by atoms with van der Waals surface area (Å²) in [6.45, 7) is -0.00564. The van der Waals surface area contributed by atoms with Gasteiger partial charge in [-0.2, -0.15) is 0 Å². The van der Waals surface area contributed by atoms with E-state index in [-0.39, 0.29) is 12.1 Å². The van der Waals surface area contributed by atoms with Crippen LogP contribution in [0.4, 0.5) is 10.1 Å². The summed E-state index contributed by atoms with van der Waals surface area (Å²) in [7, 11) is 1.73. The maximum atomic E-state index is 13.7. The van der Waals surface area contributed by atoms with Crippen LogP contribution in [0.5, 0.6) is 0 Å². The Morgan fingerprint density at radius 2 is 1.87 bits per heavy atom. The summed E-state index contributed by atoms with van der Waals surface area (Å²) >= 11 is 5.82. The first kappa shape index (κ1) is 17.4. The minimum atomic E-state index is -1.39. The Bertz CT molecular complexity index is 679. The molecule has 0 heterocycles. The van der Waals surface area contributed by atoms with Crippen molar-refractivity contribution in [1.82, 2.24) is 0 Å². The van der Waals surface area contributed by atoms with E-state index in [1.807, 2.05) is 0 Å². The van der Waals surface area contributed by atoms with Crippen LogP contribution in [0.25, 0.3) is 0 Å². The van der Waals surface area contributed by atoms with Crippen molar-refractivity contribution in [3.05, 3.63) is 64.9 Å².